The van der Waals surface area contributed by atoms with Gasteiger partial charge in [-0.15, -0.1) is 0 Å². The third kappa shape index (κ3) is 5.26. The van der Waals surface area contributed by atoms with E-state index < -0.39 is 18.1 Å². The standard InChI is InChI=1S/C10H16F3N5O/c1-6(19)3-2-4-15-7-5-8(18-14)17-9(16-7)10(11,12)13/h5-6,19H,2-4,14H2,1H3,(H2,15,16,17,18). The molecule has 0 aliphatic heterocycles. The summed E-state index contributed by atoms with van der Waals surface area (Å²) >= 11 is 0. The molecule has 5 N–H and O–H groups in total. The molecule has 0 amide bonds. The van der Waals surface area contributed by atoms with Gasteiger partial charge in [0.15, 0.2) is 0 Å². The van der Waals surface area contributed by atoms with Crippen molar-refractivity contribution in [2.24, 2.45) is 5.84 Å². The van der Waals surface area contributed by atoms with Crippen molar-refractivity contribution in [3.05, 3.63) is 11.9 Å². The van der Waals surface area contributed by atoms with Crippen molar-refractivity contribution in [3.8, 4) is 0 Å². The second kappa shape index (κ2) is 6.53. The topological polar surface area (TPSA) is 96.1 Å². The third-order valence-corrected chi connectivity index (χ3v) is 2.23. The Bertz CT molecular complexity index is 411. The maximum atomic E-state index is 12.5. The van der Waals surface area contributed by atoms with Gasteiger partial charge < -0.3 is 15.8 Å². The first-order valence-electron chi connectivity index (χ1n) is 5.67. The predicted octanol–water partition coefficient (Wildman–Crippen LogP) is 1.35. The highest BCUT2D eigenvalue weighted by Crippen LogP contribution is 2.28. The van der Waals surface area contributed by atoms with Crippen molar-refractivity contribution in [1.82, 2.24) is 9.97 Å². The molecule has 1 unspecified atom stereocenters. The molecule has 1 heterocycles. The number of hydrogen-bond acceptors (Lipinski definition) is 6. The number of hydrazine groups is 1. The minimum Gasteiger partial charge on any atom is -0.393 e. The van der Waals surface area contributed by atoms with Crippen LogP contribution in [-0.2, 0) is 6.18 Å². The van der Waals surface area contributed by atoms with Gasteiger partial charge in [-0.3, -0.25) is 0 Å². The van der Waals surface area contributed by atoms with E-state index in [9.17, 15) is 13.2 Å². The van der Waals surface area contributed by atoms with Crippen LogP contribution in [0.25, 0.3) is 0 Å². The normalized spacial score (nSPS) is 13.2. The van der Waals surface area contributed by atoms with Crippen LogP contribution in [0.2, 0.25) is 0 Å². The molecule has 0 aliphatic rings. The molecule has 1 rings (SSSR count). The molecule has 108 valence electrons. The second-order valence-corrected chi connectivity index (χ2v) is 4.02. The van der Waals surface area contributed by atoms with E-state index in [1.807, 2.05) is 0 Å². The van der Waals surface area contributed by atoms with E-state index in [1.54, 1.807) is 6.92 Å². The zero-order valence-corrected chi connectivity index (χ0v) is 10.3. The van der Waals surface area contributed by atoms with Crippen molar-refractivity contribution in [2.75, 3.05) is 17.3 Å². The zero-order chi connectivity index (χ0) is 14.5. The first-order chi connectivity index (χ1) is 8.82. The number of alkyl halides is 3. The van der Waals surface area contributed by atoms with Gasteiger partial charge in [-0.05, 0) is 19.8 Å². The second-order valence-electron chi connectivity index (χ2n) is 4.02. The van der Waals surface area contributed by atoms with Gasteiger partial charge in [0, 0.05) is 12.6 Å². The molecule has 9 heteroatoms. The highest BCUT2D eigenvalue weighted by molar-refractivity contribution is 5.47. The van der Waals surface area contributed by atoms with Crippen LogP contribution in [0, 0.1) is 0 Å². The number of hydrogen-bond donors (Lipinski definition) is 4. The number of aliphatic hydroxyl groups excluding tert-OH is 1. The summed E-state index contributed by atoms with van der Waals surface area (Å²) in [6.07, 6.45) is -3.93. The Balaban J connectivity index is 2.72. The molecule has 0 radical (unpaired) electrons. The number of anilines is 2. The minimum absolute atomic E-state index is 0.0286. The van der Waals surface area contributed by atoms with Crippen molar-refractivity contribution in [2.45, 2.75) is 32.0 Å². The highest BCUT2D eigenvalue weighted by atomic mass is 19.4. The molecule has 0 bridgehead atoms. The van der Waals surface area contributed by atoms with E-state index in [0.717, 1.165) is 0 Å². The molecular weight excluding hydrogens is 263 g/mol. The number of rotatable bonds is 6. The lowest BCUT2D eigenvalue weighted by atomic mass is 10.2. The molecule has 19 heavy (non-hydrogen) atoms. The van der Waals surface area contributed by atoms with Crippen molar-refractivity contribution in [1.29, 1.82) is 0 Å². The number of aliphatic hydroxyl groups is 1. The molecule has 0 aliphatic carbocycles. The molecule has 1 atom stereocenters. The SMILES string of the molecule is CC(O)CCCNc1cc(NN)nc(C(F)(F)F)n1. The number of halogens is 3. The lowest BCUT2D eigenvalue weighted by Crippen LogP contribution is -2.17. The van der Waals surface area contributed by atoms with Crippen LogP contribution in [0.4, 0.5) is 24.8 Å². The Morgan fingerprint density at radius 2 is 2.00 bits per heavy atom. The molecule has 0 saturated heterocycles. The van der Waals surface area contributed by atoms with E-state index >= 15 is 0 Å². The smallest absolute Gasteiger partial charge is 0.393 e. The molecule has 1 aromatic rings. The summed E-state index contributed by atoms with van der Waals surface area (Å²) in [6, 6.07) is 1.28. The molecule has 0 aromatic carbocycles. The largest absolute Gasteiger partial charge is 0.451 e. The first kappa shape index (κ1) is 15.4. The highest BCUT2D eigenvalue weighted by Gasteiger charge is 2.35. The van der Waals surface area contributed by atoms with Gasteiger partial charge in [0.25, 0.3) is 0 Å². The summed E-state index contributed by atoms with van der Waals surface area (Å²) in [6.45, 7) is 2.03. The lowest BCUT2D eigenvalue weighted by molar-refractivity contribution is -0.144. The Morgan fingerprint density at radius 3 is 2.53 bits per heavy atom. The van der Waals surface area contributed by atoms with Crippen molar-refractivity contribution in [3.63, 3.8) is 0 Å². The predicted molar refractivity (Wildman–Crippen MR) is 64.2 cm³/mol. The Kier molecular flexibility index (Phi) is 5.31. The van der Waals surface area contributed by atoms with Gasteiger partial charge in [-0.2, -0.15) is 13.2 Å². The van der Waals surface area contributed by atoms with Gasteiger partial charge in [-0.1, -0.05) is 0 Å². The van der Waals surface area contributed by atoms with Crippen molar-refractivity contribution >= 4 is 11.6 Å². The van der Waals surface area contributed by atoms with Crippen molar-refractivity contribution < 1.29 is 18.3 Å². The van der Waals surface area contributed by atoms with E-state index in [0.29, 0.717) is 19.4 Å². The summed E-state index contributed by atoms with van der Waals surface area (Å²) in [7, 11) is 0. The zero-order valence-electron chi connectivity index (χ0n) is 10.3. The first-order valence-corrected chi connectivity index (χ1v) is 5.67. The number of nitrogens with one attached hydrogen (secondary N) is 2. The van der Waals surface area contributed by atoms with Crippen LogP contribution in [0.1, 0.15) is 25.6 Å². The van der Waals surface area contributed by atoms with E-state index in [-0.39, 0.29) is 11.6 Å². The van der Waals surface area contributed by atoms with Gasteiger partial charge in [0.05, 0.1) is 6.10 Å². The quantitative estimate of drug-likeness (QED) is 0.357. The maximum Gasteiger partial charge on any atom is 0.451 e. The van der Waals surface area contributed by atoms with Crippen LogP contribution >= 0.6 is 0 Å². The van der Waals surface area contributed by atoms with Gasteiger partial charge in [0.2, 0.25) is 5.82 Å². The third-order valence-electron chi connectivity index (χ3n) is 2.23. The number of aromatic nitrogens is 2. The van der Waals surface area contributed by atoms with E-state index in [2.05, 4.69) is 20.7 Å². The number of nitrogen functional groups attached to an aromatic ring is 1. The molecule has 1 aromatic heterocycles. The summed E-state index contributed by atoms with van der Waals surface area (Å²) in [5.74, 6) is 3.70. The summed E-state index contributed by atoms with van der Waals surface area (Å²) in [5, 5.41) is 11.8. The summed E-state index contributed by atoms with van der Waals surface area (Å²) in [4.78, 5) is 6.59. The average Bonchev–Trinajstić information content (AvgIpc) is 2.33. The molecule has 0 saturated carbocycles. The van der Waals surface area contributed by atoms with Gasteiger partial charge >= 0.3 is 6.18 Å². The summed E-state index contributed by atoms with van der Waals surface area (Å²) < 4.78 is 37.6. The molecule has 0 spiro atoms. The average molecular weight is 279 g/mol. The number of nitrogens with two attached hydrogens (primary N) is 1. The van der Waals surface area contributed by atoms with Crippen LogP contribution in [-0.4, -0.2) is 27.7 Å². The summed E-state index contributed by atoms with van der Waals surface area (Å²) in [5.41, 5.74) is 2.06. The van der Waals surface area contributed by atoms with Gasteiger partial charge in [0.1, 0.15) is 11.6 Å². The Labute approximate surface area is 108 Å². The monoisotopic (exact) mass is 279 g/mol. The Hall–Kier alpha value is -1.61. The molecule has 6 nitrogen and oxygen atoms in total. The van der Waals surface area contributed by atoms with Crippen LogP contribution in [0.5, 0.6) is 0 Å². The fraction of sp³-hybridized carbons (Fsp3) is 0.600. The Morgan fingerprint density at radius 1 is 1.37 bits per heavy atom. The van der Waals surface area contributed by atoms with Gasteiger partial charge in [-0.25, -0.2) is 15.8 Å². The fourth-order valence-electron chi connectivity index (χ4n) is 1.35. The van der Waals surface area contributed by atoms with Crippen LogP contribution in [0.3, 0.4) is 0 Å². The fourth-order valence-corrected chi connectivity index (χ4v) is 1.35. The lowest BCUT2D eigenvalue weighted by Gasteiger charge is -2.11. The van der Waals surface area contributed by atoms with Crippen LogP contribution in [0.15, 0.2) is 6.07 Å². The van der Waals surface area contributed by atoms with E-state index in [1.165, 1.54) is 6.07 Å². The molecule has 0 fully saturated rings. The maximum absolute atomic E-state index is 12.5. The van der Waals surface area contributed by atoms with E-state index in [4.69, 9.17) is 10.9 Å². The van der Waals surface area contributed by atoms with Crippen LogP contribution < -0.4 is 16.6 Å². The minimum atomic E-state index is -4.64. The molecular formula is C10H16F3N5O. The number of nitrogens with zero attached hydrogens (tertiary/aromatic N) is 2.